The van der Waals surface area contributed by atoms with Crippen LogP contribution in [0.25, 0.3) is 0 Å². The van der Waals surface area contributed by atoms with Crippen LogP contribution in [0.3, 0.4) is 0 Å². The van der Waals surface area contributed by atoms with Gasteiger partial charge in [-0.3, -0.25) is 4.68 Å². The molecule has 3 nitrogen and oxygen atoms in total. The third-order valence-corrected chi connectivity index (χ3v) is 2.53. The highest BCUT2D eigenvalue weighted by atomic mass is 19.4. The van der Waals surface area contributed by atoms with Crippen LogP contribution in [-0.2, 0) is 6.18 Å². The number of hydrogen-bond acceptors (Lipinski definition) is 2. The third kappa shape index (κ3) is 2.71. The molecular weight excluding hydrogens is 207 g/mol. The van der Waals surface area contributed by atoms with Crippen LogP contribution >= 0.6 is 0 Å². The molecule has 1 N–H and O–H groups in total. The highest BCUT2D eigenvalue weighted by molar-refractivity contribution is 5.09. The van der Waals surface area contributed by atoms with E-state index in [-0.39, 0.29) is 12.1 Å². The summed E-state index contributed by atoms with van der Waals surface area (Å²) in [5.41, 5.74) is -0.711. The van der Waals surface area contributed by atoms with Gasteiger partial charge in [-0.1, -0.05) is 0 Å². The molecule has 0 saturated heterocycles. The van der Waals surface area contributed by atoms with Crippen LogP contribution in [-0.4, -0.2) is 22.9 Å². The van der Waals surface area contributed by atoms with Crippen LogP contribution in [0.15, 0.2) is 12.4 Å². The van der Waals surface area contributed by atoms with E-state index >= 15 is 0 Å². The van der Waals surface area contributed by atoms with Gasteiger partial charge in [-0.25, -0.2) is 0 Å². The maximum atomic E-state index is 12.3. The molecule has 2 unspecified atom stereocenters. The molecule has 0 aliphatic heterocycles. The predicted octanol–water partition coefficient (Wildman–Crippen LogP) is 2.07. The lowest BCUT2D eigenvalue weighted by atomic mass is 10.2. The van der Waals surface area contributed by atoms with Gasteiger partial charge >= 0.3 is 6.18 Å². The summed E-state index contributed by atoms with van der Waals surface area (Å²) < 4.78 is 38.2. The fraction of sp³-hybridized carbons (Fsp3) is 0.667. The van der Waals surface area contributed by atoms with Crippen molar-refractivity contribution in [1.82, 2.24) is 15.1 Å². The maximum absolute atomic E-state index is 12.3. The fourth-order valence-corrected chi connectivity index (χ4v) is 1.18. The number of alkyl halides is 3. The zero-order chi connectivity index (χ0) is 11.6. The zero-order valence-corrected chi connectivity index (χ0v) is 8.84. The van der Waals surface area contributed by atoms with Crippen molar-refractivity contribution < 1.29 is 13.2 Å². The van der Waals surface area contributed by atoms with Crippen molar-refractivity contribution in [3.05, 3.63) is 18.0 Å². The van der Waals surface area contributed by atoms with E-state index in [4.69, 9.17) is 0 Å². The number of nitrogens with one attached hydrogen (secondary N) is 1. The van der Waals surface area contributed by atoms with Gasteiger partial charge < -0.3 is 5.32 Å². The summed E-state index contributed by atoms with van der Waals surface area (Å²) in [6.07, 6.45) is -2.45. The Kier molecular flexibility index (Phi) is 3.38. The van der Waals surface area contributed by atoms with Crippen molar-refractivity contribution in [1.29, 1.82) is 0 Å². The van der Waals surface area contributed by atoms with Gasteiger partial charge in [0.1, 0.15) is 0 Å². The van der Waals surface area contributed by atoms with Crippen LogP contribution in [0.5, 0.6) is 0 Å². The molecule has 1 heterocycles. The van der Waals surface area contributed by atoms with Gasteiger partial charge in [0.15, 0.2) is 0 Å². The summed E-state index contributed by atoms with van der Waals surface area (Å²) in [5.74, 6) is 0. The molecular formula is C9H14F3N3. The molecule has 86 valence electrons. The first kappa shape index (κ1) is 12.0. The van der Waals surface area contributed by atoms with Gasteiger partial charge in [-0.05, 0) is 20.9 Å². The highest BCUT2D eigenvalue weighted by Crippen LogP contribution is 2.29. The molecule has 2 atom stereocenters. The predicted molar refractivity (Wildman–Crippen MR) is 50.5 cm³/mol. The average Bonchev–Trinajstić information content (AvgIpc) is 2.63. The summed E-state index contributed by atoms with van der Waals surface area (Å²) in [6, 6.07) is -0.0583. The van der Waals surface area contributed by atoms with Crippen molar-refractivity contribution in [2.75, 3.05) is 7.05 Å². The molecule has 0 bridgehead atoms. The molecule has 1 aromatic rings. The number of hydrogen-bond donors (Lipinski definition) is 1. The molecule has 0 amide bonds. The molecule has 0 radical (unpaired) electrons. The molecule has 0 aromatic carbocycles. The van der Waals surface area contributed by atoms with E-state index < -0.39 is 11.7 Å². The second-order valence-electron chi connectivity index (χ2n) is 3.52. The molecule has 1 aromatic heterocycles. The van der Waals surface area contributed by atoms with Crippen molar-refractivity contribution in [3.8, 4) is 0 Å². The van der Waals surface area contributed by atoms with Gasteiger partial charge in [-0.15, -0.1) is 0 Å². The second kappa shape index (κ2) is 4.22. The van der Waals surface area contributed by atoms with Gasteiger partial charge in [0, 0.05) is 12.2 Å². The van der Waals surface area contributed by atoms with Crippen LogP contribution in [0, 0.1) is 0 Å². The van der Waals surface area contributed by atoms with Crippen LogP contribution in [0.1, 0.15) is 25.5 Å². The average molecular weight is 221 g/mol. The van der Waals surface area contributed by atoms with Gasteiger partial charge in [0.2, 0.25) is 0 Å². The number of nitrogens with zero attached hydrogens (tertiary/aromatic N) is 2. The third-order valence-electron chi connectivity index (χ3n) is 2.53. The maximum Gasteiger partial charge on any atom is 0.419 e. The van der Waals surface area contributed by atoms with Gasteiger partial charge in [0.25, 0.3) is 0 Å². The van der Waals surface area contributed by atoms with Crippen molar-refractivity contribution in [3.63, 3.8) is 0 Å². The van der Waals surface area contributed by atoms with E-state index in [2.05, 4.69) is 10.4 Å². The summed E-state index contributed by atoms with van der Waals surface area (Å²) in [4.78, 5) is 0. The Balaban J connectivity index is 2.85. The van der Waals surface area contributed by atoms with Crippen LogP contribution < -0.4 is 5.32 Å². The molecule has 0 aliphatic carbocycles. The minimum Gasteiger partial charge on any atom is -0.315 e. The summed E-state index contributed by atoms with van der Waals surface area (Å²) in [7, 11) is 1.76. The van der Waals surface area contributed by atoms with Crippen LogP contribution in [0.4, 0.5) is 13.2 Å². The Morgan fingerprint density at radius 1 is 1.40 bits per heavy atom. The number of aromatic nitrogens is 2. The smallest absolute Gasteiger partial charge is 0.315 e. The molecule has 0 spiro atoms. The van der Waals surface area contributed by atoms with Crippen molar-refractivity contribution in [2.24, 2.45) is 0 Å². The first-order valence-electron chi connectivity index (χ1n) is 4.65. The Labute approximate surface area is 86.3 Å². The lowest BCUT2D eigenvalue weighted by Crippen LogP contribution is -2.31. The number of likely N-dealkylation sites (N-methyl/N-ethyl adjacent to an activating group) is 1. The van der Waals surface area contributed by atoms with Crippen LogP contribution in [0.2, 0.25) is 0 Å². The quantitative estimate of drug-likeness (QED) is 0.846. The van der Waals surface area contributed by atoms with E-state index in [1.807, 2.05) is 13.8 Å². The summed E-state index contributed by atoms with van der Waals surface area (Å²) in [5, 5.41) is 6.68. The monoisotopic (exact) mass is 221 g/mol. The molecule has 0 fully saturated rings. The van der Waals surface area contributed by atoms with Crippen molar-refractivity contribution in [2.45, 2.75) is 32.1 Å². The minimum absolute atomic E-state index is 0.0611. The molecule has 6 heteroatoms. The lowest BCUT2D eigenvalue weighted by molar-refractivity contribution is -0.137. The van der Waals surface area contributed by atoms with E-state index in [1.54, 1.807) is 7.05 Å². The van der Waals surface area contributed by atoms with Gasteiger partial charge in [-0.2, -0.15) is 18.3 Å². The molecule has 1 rings (SSSR count). The number of rotatable bonds is 3. The first-order valence-corrected chi connectivity index (χ1v) is 4.65. The second-order valence-corrected chi connectivity index (χ2v) is 3.52. The van der Waals surface area contributed by atoms with Crippen molar-refractivity contribution >= 4 is 0 Å². The zero-order valence-electron chi connectivity index (χ0n) is 8.84. The van der Waals surface area contributed by atoms with E-state index in [0.717, 1.165) is 12.4 Å². The van der Waals surface area contributed by atoms with E-state index in [1.165, 1.54) is 4.68 Å². The SMILES string of the molecule is CNC(C)C(C)n1cc(C(F)(F)F)cn1. The van der Waals surface area contributed by atoms with E-state index in [9.17, 15) is 13.2 Å². The Bertz CT molecular complexity index is 319. The molecule has 0 saturated carbocycles. The number of halogens is 3. The lowest BCUT2D eigenvalue weighted by Gasteiger charge is -2.19. The minimum atomic E-state index is -4.32. The summed E-state index contributed by atoms with van der Waals surface area (Å²) >= 11 is 0. The van der Waals surface area contributed by atoms with E-state index in [0.29, 0.717) is 0 Å². The highest BCUT2D eigenvalue weighted by Gasteiger charge is 2.32. The molecule has 15 heavy (non-hydrogen) atoms. The normalized spacial score (nSPS) is 16.4. The Morgan fingerprint density at radius 3 is 2.40 bits per heavy atom. The standard InChI is InChI=1S/C9H14F3N3/c1-6(13-3)7(2)15-5-8(4-14-15)9(10,11)12/h4-7,13H,1-3H3. The first-order chi connectivity index (χ1) is 6.86. The van der Waals surface area contributed by atoms with Gasteiger partial charge in [0.05, 0.1) is 17.8 Å². The Hall–Kier alpha value is -1.04. The molecule has 0 aliphatic rings. The topological polar surface area (TPSA) is 29.9 Å². The Morgan fingerprint density at radius 2 is 2.00 bits per heavy atom. The largest absolute Gasteiger partial charge is 0.419 e. The summed E-state index contributed by atoms with van der Waals surface area (Å²) in [6.45, 7) is 3.70. The fourth-order valence-electron chi connectivity index (χ4n) is 1.18.